The van der Waals surface area contributed by atoms with E-state index in [2.05, 4.69) is 31.9 Å². The van der Waals surface area contributed by atoms with E-state index in [9.17, 15) is 0 Å². The number of ether oxygens (including phenoxy) is 5. The smallest absolute Gasteiger partial charge is 0.163 e. The molecule has 0 aromatic heterocycles. The lowest BCUT2D eigenvalue weighted by atomic mass is 10.0. The minimum Gasteiger partial charge on any atom is -0.368 e. The molecule has 0 N–H and O–H groups in total. The van der Waals surface area contributed by atoms with Crippen LogP contribution >= 0.6 is 31.9 Å². The molecule has 1 aromatic rings. The first-order valence-corrected chi connectivity index (χ1v) is 11.1. The molecule has 0 spiro atoms. The fourth-order valence-electron chi connectivity index (χ4n) is 3.59. The maximum Gasteiger partial charge on any atom is 0.163 e. The predicted octanol–water partition coefficient (Wildman–Crippen LogP) is 5.26. The van der Waals surface area contributed by atoms with Gasteiger partial charge in [-0.15, -0.1) is 0 Å². The first-order valence-electron chi connectivity index (χ1n) is 9.49. The van der Waals surface area contributed by atoms with Crippen LogP contribution in [0.3, 0.4) is 0 Å². The molecule has 2 aliphatic heterocycles. The Morgan fingerprint density at radius 3 is 2.43 bits per heavy atom. The molecule has 5 nitrogen and oxygen atoms in total. The lowest BCUT2D eigenvalue weighted by molar-refractivity contribution is -0.190. The Kier molecular flexibility index (Phi) is 7.40. The molecule has 3 rings (SSSR count). The number of benzene rings is 1. The maximum absolute atomic E-state index is 6.37. The Balaban J connectivity index is 1.80. The molecule has 2 aliphatic rings. The van der Waals surface area contributed by atoms with Crippen molar-refractivity contribution in [1.29, 1.82) is 0 Å². The summed E-state index contributed by atoms with van der Waals surface area (Å²) < 4.78 is 31.6. The largest absolute Gasteiger partial charge is 0.368 e. The second-order valence-electron chi connectivity index (χ2n) is 8.00. The van der Waals surface area contributed by atoms with E-state index < -0.39 is 11.6 Å². The average molecular weight is 520 g/mol. The van der Waals surface area contributed by atoms with Gasteiger partial charge in [-0.25, -0.2) is 0 Å². The van der Waals surface area contributed by atoms with Crippen molar-refractivity contribution in [3.05, 3.63) is 45.4 Å². The van der Waals surface area contributed by atoms with Crippen LogP contribution in [0.4, 0.5) is 0 Å². The summed E-state index contributed by atoms with van der Waals surface area (Å²) in [5, 5.41) is 0. The van der Waals surface area contributed by atoms with Crippen molar-refractivity contribution in [3.63, 3.8) is 0 Å². The molecule has 4 atom stereocenters. The van der Waals surface area contributed by atoms with Crippen molar-refractivity contribution in [2.45, 2.75) is 76.7 Å². The highest BCUT2D eigenvalue weighted by Crippen LogP contribution is 2.37. The van der Waals surface area contributed by atoms with E-state index >= 15 is 0 Å². The Hall–Kier alpha value is -0.280. The minimum atomic E-state index is -0.689. The van der Waals surface area contributed by atoms with Gasteiger partial charge in [-0.05, 0) is 71.5 Å². The van der Waals surface area contributed by atoms with Crippen molar-refractivity contribution < 1.29 is 23.7 Å². The van der Waals surface area contributed by atoms with E-state index in [1.165, 1.54) is 0 Å². The molecule has 0 unspecified atom stereocenters. The van der Waals surface area contributed by atoms with Crippen molar-refractivity contribution in [3.8, 4) is 0 Å². The third-order valence-electron chi connectivity index (χ3n) is 4.73. The molecular weight excluding hydrogens is 492 g/mol. The molecule has 1 aromatic carbocycles. The average Bonchev–Trinajstić information content (AvgIpc) is 3.13. The quantitative estimate of drug-likeness (QED) is 0.491. The topological polar surface area (TPSA) is 46.2 Å². The third-order valence-corrected chi connectivity index (χ3v) is 5.38. The van der Waals surface area contributed by atoms with Crippen molar-refractivity contribution >= 4 is 31.9 Å². The minimum absolute atomic E-state index is 0.159. The monoisotopic (exact) mass is 518 g/mol. The summed E-state index contributed by atoms with van der Waals surface area (Å²) in [6.07, 6.45) is 1.70. The Morgan fingerprint density at radius 2 is 1.82 bits per heavy atom. The molecule has 2 heterocycles. The molecule has 0 radical (unpaired) electrons. The maximum atomic E-state index is 6.37. The molecular formula is C21H28Br2O5. The van der Waals surface area contributed by atoms with Crippen molar-refractivity contribution in [2.75, 3.05) is 6.61 Å². The standard InChI is InChI=1S/C21H28Br2O5/c1-20(2)25-13-16(27-20)18(24-12-14-8-6-5-7-9-14)19-15(10-11-17(22)23)26-21(3,4)28-19/h5-9,11,15-16,18-19H,10,12-13H2,1-4H3/t15-,16-,18-,19-/m1/s1. The summed E-state index contributed by atoms with van der Waals surface area (Å²) in [7, 11) is 0. The summed E-state index contributed by atoms with van der Waals surface area (Å²) in [6.45, 7) is 8.61. The van der Waals surface area contributed by atoms with E-state index in [-0.39, 0.29) is 24.4 Å². The van der Waals surface area contributed by atoms with Gasteiger partial charge in [0.05, 0.1) is 22.7 Å². The van der Waals surface area contributed by atoms with Crippen LogP contribution in [0.25, 0.3) is 0 Å². The third kappa shape index (κ3) is 6.11. The molecule has 0 saturated carbocycles. The van der Waals surface area contributed by atoms with Gasteiger partial charge in [-0.2, -0.15) is 0 Å². The number of halogens is 2. The van der Waals surface area contributed by atoms with Crippen molar-refractivity contribution in [1.82, 2.24) is 0 Å². The van der Waals surface area contributed by atoms with Gasteiger partial charge < -0.3 is 23.7 Å². The summed E-state index contributed by atoms with van der Waals surface area (Å²) >= 11 is 6.83. The highest BCUT2D eigenvalue weighted by Gasteiger charge is 2.50. The van der Waals surface area contributed by atoms with E-state index in [1.807, 2.05) is 64.1 Å². The Bertz CT molecular complexity index is 673. The fraction of sp³-hybridized carbons (Fsp3) is 0.619. The molecule has 2 fully saturated rings. The molecule has 0 bridgehead atoms. The van der Waals surface area contributed by atoms with E-state index in [0.717, 1.165) is 8.96 Å². The fourth-order valence-corrected chi connectivity index (χ4v) is 3.96. The van der Waals surface area contributed by atoms with Gasteiger partial charge in [0.1, 0.15) is 18.3 Å². The molecule has 0 amide bonds. The lowest BCUT2D eigenvalue weighted by Gasteiger charge is -2.31. The van der Waals surface area contributed by atoms with E-state index in [1.54, 1.807) is 0 Å². The molecule has 156 valence electrons. The van der Waals surface area contributed by atoms with Crippen LogP contribution in [0, 0.1) is 0 Å². The van der Waals surface area contributed by atoms with Gasteiger partial charge in [0.15, 0.2) is 11.6 Å². The molecule has 28 heavy (non-hydrogen) atoms. The predicted molar refractivity (Wildman–Crippen MR) is 114 cm³/mol. The number of hydrogen-bond donors (Lipinski definition) is 0. The van der Waals surface area contributed by atoms with Crippen molar-refractivity contribution in [2.24, 2.45) is 0 Å². The van der Waals surface area contributed by atoms with Gasteiger partial charge in [-0.3, -0.25) is 0 Å². The van der Waals surface area contributed by atoms with Gasteiger partial charge in [0, 0.05) is 0 Å². The first-order chi connectivity index (χ1) is 13.2. The summed E-state index contributed by atoms with van der Waals surface area (Å²) in [5.41, 5.74) is 1.10. The van der Waals surface area contributed by atoms with Crippen LogP contribution in [-0.2, 0) is 30.3 Å². The van der Waals surface area contributed by atoms with E-state index in [0.29, 0.717) is 19.6 Å². The summed E-state index contributed by atoms with van der Waals surface area (Å²) in [4.78, 5) is 0. The van der Waals surface area contributed by atoms with Crippen LogP contribution in [0.2, 0.25) is 0 Å². The Labute approximate surface area is 184 Å². The number of rotatable bonds is 7. The van der Waals surface area contributed by atoms with Gasteiger partial charge >= 0.3 is 0 Å². The van der Waals surface area contributed by atoms with Crippen LogP contribution in [0.15, 0.2) is 39.8 Å². The molecule has 2 saturated heterocycles. The molecule has 7 heteroatoms. The van der Waals surface area contributed by atoms with E-state index in [4.69, 9.17) is 23.7 Å². The second-order valence-corrected chi connectivity index (χ2v) is 10.8. The lowest BCUT2D eigenvalue weighted by Crippen LogP contribution is -2.46. The van der Waals surface area contributed by atoms with Crippen LogP contribution in [-0.4, -0.2) is 42.6 Å². The number of hydrogen-bond acceptors (Lipinski definition) is 5. The normalized spacial score (nSPS) is 29.6. The van der Waals surface area contributed by atoms with Crippen LogP contribution in [0.1, 0.15) is 39.7 Å². The second kappa shape index (κ2) is 9.25. The van der Waals surface area contributed by atoms with Gasteiger partial charge in [0.2, 0.25) is 0 Å². The Morgan fingerprint density at radius 1 is 1.11 bits per heavy atom. The van der Waals surface area contributed by atoms with Gasteiger partial charge in [0.25, 0.3) is 0 Å². The zero-order chi connectivity index (χ0) is 20.4. The van der Waals surface area contributed by atoms with Gasteiger partial charge in [-0.1, -0.05) is 36.4 Å². The first kappa shape index (κ1) is 22.4. The highest BCUT2D eigenvalue weighted by molar-refractivity contribution is 9.28. The molecule has 0 aliphatic carbocycles. The summed E-state index contributed by atoms with van der Waals surface area (Å²) in [5.74, 6) is -1.33. The SMILES string of the molecule is CC1(C)OC[C@H]([C@@H](OCc2ccccc2)[C@@H]2OC(C)(C)O[C@@H]2CC=C(Br)Br)O1. The zero-order valence-corrected chi connectivity index (χ0v) is 19.9. The highest BCUT2D eigenvalue weighted by atomic mass is 79.9. The van der Waals surface area contributed by atoms with Crippen LogP contribution in [0.5, 0.6) is 0 Å². The summed E-state index contributed by atoms with van der Waals surface area (Å²) in [6, 6.07) is 10.1. The zero-order valence-electron chi connectivity index (χ0n) is 16.7. The van der Waals surface area contributed by atoms with Crippen LogP contribution < -0.4 is 0 Å².